The van der Waals surface area contributed by atoms with Crippen LogP contribution in [0.1, 0.15) is 62.8 Å². The van der Waals surface area contributed by atoms with E-state index in [9.17, 15) is 0 Å². The Balaban J connectivity index is 2.40. The Labute approximate surface area is 171 Å². The molecule has 0 aliphatic rings. The molecule has 0 fully saturated rings. The zero-order chi connectivity index (χ0) is 20.5. The van der Waals surface area contributed by atoms with Gasteiger partial charge in [0.05, 0.1) is 5.69 Å². The summed E-state index contributed by atoms with van der Waals surface area (Å²) in [6.07, 6.45) is 0. The van der Waals surface area contributed by atoms with E-state index >= 15 is 0 Å². The van der Waals surface area contributed by atoms with Crippen LogP contribution < -0.4 is 4.90 Å². The first-order chi connectivity index (χ1) is 13.2. The highest BCUT2D eigenvalue weighted by Crippen LogP contribution is 2.45. The predicted octanol–water partition coefficient (Wildman–Crippen LogP) is 8.19. The molecule has 0 aliphatic carbocycles. The average molecular weight is 372 g/mol. The number of nitrogens with zero attached hydrogens (tertiary/aromatic N) is 1. The first kappa shape index (κ1) is 20.2. The van der Waals surface area contributed by atoms with Crippen molar-refractivity contribution in [3.63, 3.8) is 0 Å². The molecule has 0 unspecified atom stereocenters. The fraction of sp³-hybridized carbons (Fsp3) is 0.333. The number of rotatable bonds is 4. The molecule has 28 heavy (non-hydrogen) atoms. The van der Waals surface area contributed by atoms with Gasteiger partial charge in [0.2, 0.25) is 0 Å². The smallest absolute Gasteiger partial charge is 0.0520 e. The SMILES string of the molecule is Cc1cccc(C)c1N(c1ccccc1C(C)C)c1ccccc1C(C)(C)C. The van der Waals surface area contributed by atoms with E-state index in [2.05, 4.69) is 120 Å². The van der Waals surface area contributed by atoms with Crippen molar-refractivity contribution in [2.75, 3.05) is 4.90 Å². The molecule has 0 bridgehead atoms. The molecule has 0 radical (unpaired) electrons. The molecular weight excluding hydrogens is 338 g/mol. The highest BCUT2D eigenvalue weighted by atomic mass is 15.2. The Bertz CT molecular complexity index is 940. The number of para-hydroxylation sites is 3. The van der Waals surface area contributed by atoms with E-state index in [1.54, 1.807) is 0 Å². The average Bonchev–Trinajstić information content (AvgIpc) is 2.64. The van der Waals surface area contributed by atoms with E-state index in [0.717, 1.165) is 0 Å². The van der Waals surface area contributed by atoms with Gasteiger partial charge in [0.15, 0.2) is 0 Å². The molecular formula is C27H33N. The predicted molar refractivity (Wildman–Crippen MR) is 123 cm³/mol. The lowest BCUT2D eigenvalue weighted by atomic mass is 9.85. The second-order valence-electron chi connectivity index (χ2n) is 9.06. The lowest BCUT2D eigenvalue weighted by molar-refractivity contribution is 0.591. The highest BCUT2D eigenvalue weighted by Gasteiger charge is 2.26. The van der Waals surface area contributed by atoms with Crippen LogP contribution in [0, 0.1) is 13.8 Å². The van der Waals surface area contributed by atoms with Crippen LogP contribution in [0.25, 0.3) is 0 Å². The molecule has 0 atom stereocenters. The first-order valence-corrected chi connectivity index (χ1v) is 10.3. The molecule has 0 aliphatic heterocycles. The van der Waals surface area contributed by atoms with Crippen LogP contribution in [-0.2, 0) is 5.41 Å². The van der Waals surface area contributed by atoms with Gasteiger partial charge in [-0.25, -0.2) is 0 Å². The Morgan fingerprint density at radius 1 is 0.679 bits per heavy atom. The largest absolute Gasteiger partial charge is 0.309 e. The quantitative estimate of drug-likeness (QED) is 0.447. The van der Waals surface area contributed by atoms with Crippen molar-refractivity contribution in [1.29, 1.82) is 0 Å². The Morgan fingerprint density at radius 3 is 1.79 bits per heavy atom. The monoisotopic (exact) mass is 371 g/mol. The minimum absolute atomic E-state index is 0.0538. The van der Waals surface area contributed by atoms with E-state index < -0.39 is 0 Å². The van der Waals surface area contributed by atoms with Gasteiger partial charge in [-0.3, -0.25) is 0 Å². The standard InChI is InChI=1S/C27H33N/c1-19(2)22-15-8-10-17-24(22)28(26-20(3)13-12-14-21(26)4)25-18-11-9-16-23(25)27(5,6)7/h8-19H,1-7H3. The molecule has 0 N–H and O–H groups in total. The third kappa shape index (κ3) is 3.85. The van der Waals surface area contributed by atoms with Gasteiger partial charge in [0.25, 0.3) is 0 Å². The van der Waals surface area contributed by atoms with Crippen molar-refractivity contribution in [2.24, 2.45) is 0 Å². The van der Waals surface area contributed by atoms with Crippen LogP contribution in [0.15, 0.2) is 66.7 Å². The summed E-state index contributed by atoms with van der Waals surface area (Å²) < 4.78 is 0. The third-order valence-corrected chi connectivity index (χ3v) is 5.42. The van der Waals surface area contributed by atoms with Gasteiger partial charge in [-0.15, -0.1) is 0 Å². The summed E-state index contributed by atoms with van der Waals surface area (Å²) in [6.45, 7) is 15.9. The summed E-state index contributed by atoms with van der Waals surface area (Å²) in [5, 5.41) is 0. The van der Waals surface area contributed by atoms with Crippen molar-refractivity contribution in [2.45, 2.75) is 59.8 Å². The number of anilines is 3. The first-order valence-electron chi connectivity index (χ1n) is 10.3. The van der Waals surface area contributed by atoms with Gasteiger partial charge in [0.1, 0.15) is 0 Å². The zero-order valence-corrected chi connectivity index (χ0v) is 18.4. The van der Waals surface area contributed by atoms with E-state index in [-0.39, 0.29) is 5.41 Å². The molecule has 3 aromatic rings. The van der Waals surface area contributed by atoms with Crippen LogP contribution in [0.4, 0.5) is 17.1 Å². The summed E-state index contributed by atoms with van der Waals surface area (Å²) in [7, 11) is 0. The summed E-state index contributed by atoms with van der Waals surface area (Å²) in [5.74, 6) is 0.449. The van der Waals surface area contributed by atoms with Gasteiger partial charge in [-0.05, 0) is 59.6 Å². The second-order valence-corrected chi connectivity index (χ2v) is 9.06. The normalized spacial score (nSPS) is 11.7. The Kier molecular flexibility index (Phi) is 5.65. The van der Waals surface area contributed by atoms with E-state index in [0.29, 0.717) is 5.92 Å². The molecule has 0 aromatic heterocycles. The minimum atomic E-state index is 0.0538. The topological polar surface area (TPSA) is 3.24 Å². The summed E-state index contributed by atoms with van der Waals surface area (Å²) in [5.41, 5.74) is 9.19. The van der Waals surface area contributed by atoms with Crippen molar-refractivity contribution in [1.82, 2.24) is 0 Å². The maximum atomic E-state index is 2.49. The molecule has 0 heterocycles. The maximum Gasteiger partial charge on any atom is 0.0520 e. The van der Waals surface area contributed by atoms with Gasteiger partial charge in [-0.2, -0.15) is 0 Å². The van der Waals surface area contributed by atoms with Gasteiger partial charge < -0.3 is 4.90 Å². The molecule has 0 amide bonds. The van der Waals surface area contributed by atoms with Crippen molar-refractivity contribution in [3.05, 3.63) is 89.0 Å². The van der Waals surface area contributed by atoms with E-state index in [1.165, 1.54) is 39.3 Å². The van der Waals surface area contributed by atoms with E-state index in [4.69, 9.17) is 0 Å². The second kappa shape index (κ2) is 7.83. The zero-order valence-electron chi connectivity index (χ0n) is 18.4. The molecule has 1 nitrogen and oxygen atoms in total. The summed E-state index contributed by atoms with van der Waals surface area (Å²) >= 11 is 0. The van der Waals surface area contributed by atoms with Gasteiger partial charge >= 0.3 is 0 Å². The minimum Gasteiger partial charge on any atom is -0.309 e. The van der Waals surface area contributed by atoms with Crippen molar-refractivity contribution >= 4 is 17.1 Å². The fourth-order valence-electron chi connectivity index (χ4n) is 4.01. The van der Waals surface area contributed by atoms with Crippen LogP contribution in [0.2, 0.25) is 0 Å². The van der Waals surface area contributed by atoms with Crippen LogP contribution >= 0.6 is 0 Å². The fourth-order valence-corrected chi connectivity index (χ4v) is 4.01. The van der Waals surface area contributed by atoms with Gasteiger partial charge in [-0.1, -0.05) is 89.2 Å². The van der Waals surface area contributed by atoms with Crippen molar-refractivity contribution in [3.8, 4) is 0 Å². The Morgan fingerprint density at radius 2 is 1.21 bits per heavy atom. The van der Waals surface area contributed by atoms with Crippen LogP contribution in [0.5, 0.6) is 0 Å². The number of hydrogen-bond donors (Lipinski definition) is 0. The molecule has 0 spiro atoms. The van der Waals surface area contributed by atoms with Crippen LogP contribution in [-0.4, -0.2) is 0 Å². The molecule has 0 saturated carbocycles. The lowest BCUT2D eigenvalue weighted by Crippen LogP contribution is -2.21. The van der Waals surface area contributed by atoms with Crippen LogP contribution in [0.3, 0.4) is 0 Å². The highest BCUT2D eigenvalue weighted by molar-refractivity contribution is 5.84. The number of benzene rings is 3. The number of hydrogen-bond acceptors (Lipinski definition) is 1. The van der Waals surface area contributed by atoms with Crippen molar-refractivity contribution < 1.29 is 0 Å². The molecule has 146 valence electrons. The number of aryl methyl sites for hydroxylation is 2. The van der Waals surface area contributed by atoms with Gasteiger partial charge in [0, 0.05) is 11.4 Å². The molecule has 1 heteroatoms. The molecule has 3 rings (SSSR count). The molecule has 3 aromatic carbocycles. The summed E-state index contributed by atoms with van der Waals surface area (Å²) in [6, 6.07) is 24.3. The lowest BCUT2D eigenvalue weighted by Gasteiger charge is -2.35. The molecule has 0 saturated heterocycles. The summed E-state index contributed by atoms with van der Waals surface area (Å²) in [4.78, 5) is 2.49. The third-order valence-electron chi connectivity index (χ3n) is 5.42. The Hall–Kier alpha value is -2.54. The maximum absolute atomic E-state index is 2.49. The van der Waals surface area contributed by atoms with E-state index in [1.807, 2.05) is 0 Å².